The molecule has 1 heterocycles. The van der Waals surface area contributed by atoms with Gasteiger partial charge in [0.25, 0.3) is 0 Å². The van der Waals surface area contributed by atoms with Crippen molar-refractivity contribution in [3.8, 4) is 0 Å². The number of hydrogen-bond donors (Lipinski definition) is 0. The molecule has 2 heteroatoms. The van der Waals surface area contributed by atoms with Crippen LogP contribution in [0.2, 0.25) is 0 Å². The standard InChI is InChI=1S/C14H15NO/c1-11-6-8-13(9-7-11)15-10-4-3-5-14(15)12(2)16/h3-10,14H,1-2H3. The van der Waals surface area contributed by atoms with Crippen molar-refractivity contribution in [2.24, 2.45) is 0 Å². The van der Waals surface area contributed by atoms with Crippen LogP contribution < -0.4 is 4.90 Å². The van der Waals surface area contributed by atoms with Gasteiger partial charge in [-0.05, 0) is 32.1 Å². The van der Waals surface area contributed by atoms with Crippen LogP contribution in [0.4, 0.5) is 5.69 Å². The molecule has 0 aliphatic carbocycles. The third kappa shape index (κ3) is 2.06. The van der Waals surface area contributed by atoms with Crippen LogP contribution in [0.1, 0.15) is 12.5 Å². The van der Waals surface area contributed by atoms with Crippen LogP contribution in [0.25, 0.3) is 0 Å². The molecule has 0 bridgehead atoms. The molecule has 82 valence electrons. The topological polar surface area (TPSA) is 20.3 Å². The normalized spacial score (nSPS) is 18.9. The highest BCUT2D eigenvalue weighted by Crippen LogP contribution is 2.21. The largest absolute Gasteiger partial charge is 0.334 e. The van der Waals surface area contributed by atoms with Crippen molar-refractivity contribution in [3.05, 3.63) is 54.3 Å². The highest BCUT2D eigenvalue weighted by atomic mass is 16.1. The van der Waals surface area contributed by atoms with Gasteiger partial charge in [-0.1, -0.05) is 29.8 Å². The van der Waals surface area contributed by atoms with Crippen LogP contribution in [0.3, 0.4) is 0 Å². The van der Waals surface area contributed by atoms with Crippen molar-refractivity contribution in [1.29, 1.82) is 0 Å². The van der Waals surface area contributed by atoms with Gasteiger partial charge in [-0.3, -0.25) is 4.79 Å². The van der Waals surface area contributed by atoms with E-state index < -0.39 is 0 Å². The Labute approximate surface area is 95.9 Å². The van der Waals surface area contributed by atoms with Crippen LogP contribution in [0, 0.1) is 6.92 Å². The number of nitrogens with zero attached hydrogens (tertiary/aromatic N) is 1. The summed E-state index contributed by atoms with van der Waals surface area (Å²) >= 11 is 0. The van der Waals surface area contributed by atoms with Gasteiger partial charge in [-0.15, -0.1) is 0 Å². The van der Waals surface area contributed by atoms with Crippen LogP contribution in [-0.4, -0.2) is 11.8 Å². The minimum absolute atomic E-state index is 0.154. The van der Waals surface area contributed by atoms with E-state index in [1.807, 2.05) is 41.5 Å². The number of carbonyl (C=O) groups is 1. The van der Waals surface area contributed by atoms with E-state index in [1.54, 1.807) is 6.92 Å². The van der Waals surface area contributed by atoms with Crippen molar-refractivity contribution in [3.63, 3.8) is 0 Å². The third-order valence-electron chi connectivity index (χ3n) is 2.70. The first-order valence-electron chi connectivity index (χ1n) is 5.39. The summed E-state index contributed by atoms with van der Waals surface area (Å²) in [7, 11) is 0. The molecule has 1 aliphatic heterocycles. The smallest absolute Gasteiger partial charge is 0.156 e. The zero-order chi connectivity index (χ0) is 11.5. The summed E-state index contributed by atoms with van der Waals surface area (Å²) in [6.45, 7) is 3.67. The lowest BCUT2D eigenvalue weighted by molar-refractivity contribution is -0.117. The van der Waals surface area contributed by atoms with Gasteiger partial charge in [-0.25, -0.2) is 0 Å². The maximum absolute atomic E-state index is 11.5. The van der Waals surface area contributed by atoms with E-state index in [2.05, 4.69) is 19.1 Å². The molecule has 0 N–H and O–H groups in total. The monoisotopic (exact) mass is 213 g/mol. The Morgan fingerprint density at radius 3 is 2.50 bits per heavy atom. The molecule has 1 atom stereocenters. The first-order valence-corrected chi connectivity index (χ1v) is 5.39. The van der Waals surface area contributed by atoms with E-state index in [-0.39, 0.29) is 11.8 Å². The molecule has 1 aromatic carbocycles. The summed E-state index contributed by atoms with van der Waals surface area (Å²) < 4.78 is 0. The molecule has 1 unspecified atom stereocenters. The van der Waals surface area contributed by atoms with Crippen LogP contribution in [0.15, 0.2) is 48.7 Å². The molecule has 0 aromatic heterocycles. The number of rotatable bonds is 2. The summed E-state index contributed by atoms with van der Waals surface area (Å²) in [4.78, 5) is 13.5. The van der Waals surface area contributed by atoms with Gasteiger partial charge in [0, 0.05) is 11.9 Å². The van der Waals surface area contributed by atoms with Crippen molar-refractivity contribution < 1.29 is 4.79 Å². The van der Waals surface area contributed by atoms with Crippen molar-refractivity contribution in [1.82, 2.24) is 0 Å². The second-order valence-corrected chi connectivity index (χ2v) is 4.02. The van der Waals surface area contributed by atoms with Crippen LogP contribution in [-0.2, 0) is 4.79 Å². The highest BCUT2D eigenvalue weighted by Gasteiger charge is 2.19. The number of anilines is 1. The Balaban J connectivity index is 2.31. The van der Waals surface area contributed by atoms with E-state index in [9.17, 15) is 4.79 Å². The summed E-state index contributed by atoms with van der Waals surface area (Å²) in [6, 6.07) is 8.01. The maximum atomic E-state index is 11.5. The van der Waals surface area contributed by atoms with Crippen LogP contribution in [0.5, 0.6) is 0 Å². The second kappa shape index (κ2) is 4.35. The predicted molar refractivity (Wildman–Crippen MR) is 66.4 cm³/mol. The van der Waals surface area contributed by atoms with Gasteiger partial charge in [0.1, 0.15) is 6.04 Å². The first kappa shape index (κ1) is 10.7. The van der Waals surface area contributed by atoms with Gasteiger partial charge in [0.05, 0.1) is 0 Å². The lowest BCUT2D eigenvalue weighted by Gasteiger charge is -2.28. The molecule has 1 aromatic rings. The number of carbonyl (C=O) groups excluding carboxylic acids is 1. The Kier molecular flexibility index (Phi) is 2.91. The molecule has 2 nitrogen and oxygen atoms in total. The zero-order valence-corrected chi connectivity index (χ0v) is 9.55. The van der Waals surface area contributed by atoms with E-state index in [4.69, 9.17) is 0 Å². The number of hydrogen-bond acceptors (Lipinski definition) is 2. The fourth-order valence-corrected chi connectivity index (χ4v) is 1.79. The Bertz CT molecular complexity index is 442. The summed E-state index contributed by atoms with van der Waals surface area (Å²) in [5, 5.41) is 0. The van der Waals surface area contributed by atoms with Crippen molar-refractivity contribution >= 4 is 11.5 Å². The first-order chi connectivity index (χ1) is 7.68. The molecule has 1 aliphatic rings. The van der Waals surface area contributed by atoms with E-state index in [0.717, 1.165) is 5.69 Å². The molecule has 0 spiro atoms. The fraction of sp³-hybridized carbons (Fsp3) is 0.214. The summed E-state index contributed by atoms with van der Waals surface area (Å²) in [6.07, 6.45) is 7.72. The van der Waals surface area contributed by atoms with Crippen molar-refractivity contribution in [2.45, 2.75) is 19.9 Å². The SMILES string of the molecule is CC(=O)C1C=CC=CN1c1ccc(C)cc1. The molecular formula is C14H15NO. The number of benzene rings is 1. The Hall–Kier alpha value is -1.83. The van der Waals surface area contributed by atoms with Gasteiger partial charge < -0.3 is 4.90 Å². The van der Waals surface area contributed by atoms with Crippen molar-refractivity contribution in [2.75, 3.05) is 4.90 Å². The molecule has 2 rings (SSSR count). The maximum Gasteiger partial charge on any atom is 0.156 e. The molecule has 16 heavy (non-hydrogen) atoms. The quantitative estimate of drug-likeness (QED) is 0.753. The lowest BCUT2D eigenvalue weighted by atomic mass is 10.1. The fourth-order valence-electron chi connectivity index (χ4n) is 1.79. The Morgan fingerprint density at radius 2 is 1.88 bits per heavy atom. The van der Waals surface area contributed by atoms with Crippen LogP contribution >= 0.6 is 0 Å². The minimum atomic E-state index is -0.173. The summed E-state index contributed by atoms with van der Waals surface area (Å²) in [5.41, 5.74) is 2.27. The average Bonchev–Trinajstić information content (AvgIpc) is 2.30. The average molecular weight is 213 g/mol. The summed E-state index contributed by atoms with van der Waals surface area (Å²) in [5.74, 6) is 0.154. The Morgan fingerprint density at radius 1 is 1.19 bits per heavy atom. The van der Waals surface area contributed by atoms with Gasteiger partial charge >= 0.3 is 0 Å². The zero-order valence-electron chi connectivity index (χ0n) is 9.55. The van der Waals surface area contributed by atoms with Gasteiger partial charge in [0.15, 0.2) is 5.78 Å². The van der Waals surface area contributed by atoms with Gasteiger partial charge in [-0.2, -0.15) is 0 Å². The van der Waals surface area contributed by atoms with E-state index >= 15 is 0 Å². The number of allylic oxidation sites excluding steroid dienone is 2. The molecule has 0 saturated carbocycles. The number of ketones is 1. The number of aryl methyl sites for hydroxylation is 1. The highest BCUT2D eigenvalue weighted by molar-refractivity contribution is 5.88. The number of Topliss-reactive ketones (excluding diaryl/α,β-unsaturated/α-hetero) is 1. The second-order valence-electron chi connectivity index (χ2n) is 4.02. The van der Waals surface area contributed by atoms with E-state index in [0.29, 0.717) is 0 Å². The third-order valence-corrected chi connectivity index (χ3v) is 2.70. The predicted octanol–water partition coefficient (Wildman–Crippen LogP) is 2.84. The lowest BCUT2D eigenvalue weighted by Crippen LogP contribution is -2.35. The molecule has 0 amide bonds. The molecule has 0 radical (unpaired) electrons. The molecular weight excluding hydrogens is 198 g/mol. The van der Waals surface area contributed by atoms with E-state index in [1.165, 1.54) is 5.56 Å². The molecule has 0 fully saturated rings. The molecule has 0 saturated heterocycles. The minimum Gasteiger partial charge on any atom is -0.334 e. The van der Waals surface area contributed by atoms with Gasteiger partial charge in [0.2, 0.25) is 0 Å².